The molecule has 0 spiro atoms. The molecule has 152 valence electrons. The fourth-order valence-corrected chi connectivity index (χ4v) is 2.26. The third kappa shape index (κ3) is 11.4. The first kappa shape index (κ1) is 24.6. The Bertz CT molecular complexity index is 766. The fourth-order valence-electron chi connectivity index (χ4n) is 2.26. The molecule has 0 amide bonds. The number of aryl methyl sites for hydroxylation is 1. The van der Waals surface area contributed by atoms with Gasteiger partial charge in [-0.3, -0.25) is 19.9 Å². The second-order valence-electron chi connectivity index (χ2n) is 5.83. The van der Waals surface area contributed by atoms with E-state index in [1.807, 2.05) is 62.5 Å². The van der Waals surface area contributed by atoms with Gasteiger partial charge in [-0.25, -0.2) is 0 Å². The zero-order chi connectivity index (χ0) is 20.6. The van der Waals surface area contributed by atoms with E-state index >= 15 is 0 Å². The third-order valence-electron chi connectivity index (χ3n) is 3.47. The summed E-state index contributed by atoms with van der Waals surface area (Å²) in [6, 6.07) is 15.5. The Morgan fingerprint density at radius 1 is 0.893 bits per heavy atom. The van der Waals surface area contributed by atoms with E-state index in [1.54, 1.807) is 18.6 Å². The van der Waals surface area contributed by atoms with Crippen molar-refractivity contribution in [3.63, 3.8) is 0 Å². The molecular weight excluding hydrogens is 573 g/mol. The average molecular weight is 598 g/mol. The van der Waals surface area contributed by atoms with Crippen LogP contribution in [0.15, 0.2) is 67.1 Å². The molecule has 8 heteroatoms. The molecule has 0 bridgehead atoms. The summed E-state index contributed by atoms with van der Waals surface area (Å²) >= 11 is -0.639. The summed E-state index contributed by atoms with van der Waals surface area (Å²) in [5, 5.41) is 9.08. The second-order valence-corrected chi connectivity index (χ2v) is 9.50. The summed E-state index contributed by atoms with van der Waals surface area (Å²) in [7, 11) is 11.8. The first-order chi connectivity index (χ1) is 13.6. The summed E-state index contributed by atoms with van der Waals surface area (Å²) in [6.07, 6.45) is 5.32. The standard InChI is InChI=1S/C14H17N3O.C6H7N.2ClH.Os/c1-17(9-13-4-2-3-6-15-13)10-14-8-12(11-18)5-7-16-14;1-6-4-2-3-5-7-6;;;/h2-8,18H,9-11H2,1H3;2-5H,1H3;2*1H;/q;;;;+2/p-2. The van der Waals surface area contributed by atoms with Crippen molar-refractivity contribution in [2.24, 2.45) is 0 Å². The number of aromatic nitrogens is 3. The second kappa shape index (κ2) is 15.5. The van der Waals surface area contributed by atoms with Crippen LogP contribution in [0, 0.1) is 6.92 Å². The Balaban J connectivity index is 0.000000324. The van der Waals surface area contributed by atoms with Crippen LogP contribution >= 0.6 is 19.3 Å². The van der Waals surface area contributed by atoms with Gasteiger partial charge in [-0.2, -0.15) is 0 Å². The van der Waals surface area contributed by atoms with Crippen LogP contribution in [0.2, 0.25) is 0 Å². The van der Waals surface area contributed by atoms with Crippen molar-refractivity contribution in [2.45, 2.75) is 26.6 Å². The normalized spacial score (nSPS) is 9.93. The number of pyridine rings is 3. The number of aliphatic hydroxyl groups excluding tert-OH is 1. The van der Waals surface area contributed by atoms with Crippen molar-refractivity contribution in [3.8, 4) is 0 Å². The summed E-state index contributed by atoms with van der Waals surface area (Å²) in [4.78, 5) is 14.7. The Labute approximate surface area is 182 Å². The van der Waals surface area contributed by atoms with Crippen molar-refractivity contribution >= 4 is 19.3 Å². The molecule has 3 aromatic rings. The van der Waals surface area contributed by atoms with Gasteiger partial charge in [0.05, 0.1) is 18.0 Å². The van der Waals surface area contributed by atoms with E-state index in [-0.39, 0.29) is 6.61 Å². The summed E-state index contributed by atoms with van der Waals surface area (Å²) in [5.74, 6) is 0. The molecule has 3 rings (SSSR count). The molecule has 1 N–H and O–H groups in total. The SMILES string of the molecule is CN(Cc1ccccn1)Cc1cc(CO)ccn1.Cc1ccccn1.[Cl][Os][Cl]. The number of aliphatic hydroxyl groups is 1. The number of nitrogens with zero attached hydrogens (tertiary/aromatic N) is 4. The van der Waals surface area contributed by atoms with Crippen molar-refractivity contribution in [2.75, 3.05) is 7.05 Å². The van der Waals surface area contributed by atoms with Crippen molar-refractivity contribution in [1.29, 1.82) is 0 Å². The monoisotopic (exact) mass is 598 g/mol. The molecule has 3 aromatic heterocycles. The molecule has 0 atom stereocenters. The van der Waals surface area contributed by atoms with Gasteiger partial charge < -0.3 is 5.11 Å². The van der Waals surface area contributed by atoms with Gasteiger partial charge in [-0.15, -0.1) is 0 Å². The minimum atomic E-state index is -0.639. The fraction of sp³-hybridized carbons (Fsp3) is 0.250. The zero-order valence-corrected chi connectivity index (χ0v) is 19.9. The van der Waals surface area contributed by atoms with Crippen LogP contribution in [-0.4, -0.2) is 32.0 Å². The molecule has 3 heterocycles. The molecule has 28 heavy (non-hydrogen) atoms. The van der Waals surface area contributed by atoms with Crippen molar-refractivity contribution < 1.29 is 20.5 Å². The molecule has 0 aliphatic rings. The Morgan fingerprint density at radius 2 is 1.50 bits per heavy atom. The van der Waals surface area contributed by atoms with Crippen LogP contribution in [0.5, 0.6) is 0 Å². The number of halogens is 2. The summed E-state index contributed by atoms with van der Waals surface area (Å²) in [6.45, 7) is 3.55. The van der Waals surface area contributed by atoms with E-state index in [4.69, 9.17) is 24.4 Å². The quantitative estimate of drug-likeness (QED) is 0.474. The van der Waals surface area contributed by atoms with Crippen molar-refractivity contribution in [3.05, 3.63) is 89.8 Å². The summed E-state index contributed by atoms with van der Waals surface area (Å²) < 4.78 is 0. The third-order valence-corrected chi connectivity index (χ3v) is 3.47. The molecule has 0 saturated carbocycles. The van der Waals surface area contributed by atoms with Gasteiger partial charge in [0.2, 0.25) is 0 Å². The Morgan fingerprint density at radius 3 is 2.00 bits per heavy atom. The molecule has 5 nitrogen and oxygen atoms in total. The molecule has 0 unspecified atom stereocenters. The predicted molar refractivity (Wildman–Crippen MR) is 110 cm³/mol. The van der Waals surface area contributed by atoms with E-state index < -0.39 is 15.4 Å². The number of hydrogen-bond donors (Lipinski definition) is 1. The van der Waals surface area contributed by atoms with E-state index in [0.717, 1.165) is 35.7 Å². The molecule has 0 fully saturated rings. The van der Waals surface area contributed by atoms with E-state index in [2.05, 4.69) is 19.9 Å². The number of hydrogen-bond acceptors (Lipinski definition) is 5. The van der Waals surface area contributed by atoms with Gasteiger partial charge in [-0.1, -0.05) is 12.1 Å². The van der Waals surface area contributed by atoms with E-state index in [9.17, 15) is 0 Å². The van der Waals surface area contributed by atoms with Crippen LogP contribution in [0.1, 0.15) is 22.6 Å². The van der Waals surface area contributed by atoms with E-state index in [0.29, 0.717) is 0 Å². The first-order valence-electron chi connectivity index (χ1n) is 8.45. The molecule has 0 aromatic carbocycles. The molecule has 0 aliphatic carbocycles. The maximum absolute atomic E-state index is 9.08. The van der Waals surface area contributed by atoms with Crippen LogP contribution in [0.25, 0.3) is 0 Å². The topological polar surface area (TPSA) is 62.1 Å². The summed E-state index contributed by atoms with van der Waals surface area (Å²) in [5.41, 5.74) is 3.96. The predicted octanol–water partition coefficient (Wildman–Crippen LogP) is 4.37. The van der Waals surface area contributed by atoms with Crippen molar-refractivity contribution in [1.82, 2.24) is 19.9 Å². The first-order valence-corrected chi connectivity index (χ1v) is 14.7. The van der Waals surface area contributed by atoms with Gasteiger partial charge in [0.25, 0.3) is 0 Å². The van der Waals surface area contributed by atoms with Crippen LogP contribution in [0.4, 0.5) is 0 Å². The van der Waals surface area contributed by atoms with Crippen LogP contribution in [0.3, 0.4) is 0 Å². The maximum atomic E-state index is 9.08. The number of rotatable bonds is 5. The van der Waals surface area contributed by atoms with Gasteiger partial charge in [0.1, 0.15) is 0 Å². The van der Waals surface area contributed by atoms with Gasteiger partial charge >= 0.3 is 34.7 Å². The van der Waals surface area contributed by atoms with Gasteiger partial charge in [0.15, 0.2) is 0 Å². The van der Waals surface area contributed by atoms with Crippen LogP contribution in [-0.2, 0) is 35.1 Å². The molecule has 0 aliphatic heterocycles. The van der Waals surface area contributed by atoms with Crippen LogP contribution < -0.4 is 0 Å². The molecule has 0 radical (unpaired) electrons. The Kier molecular flexibility index (Phi) is 13.6. The van der Waals surface area contributed by atoms with Gasteiger partial charge in [0, 0.05) is 37.4 Å². The zero-order valence-electron chi connectivity index (χ0n) is 15.8. The minimum absolute atomic E-state index is 0.0550. The van der Waals surface area contributed by atoms with E-state index in [1.165, 1.54) is 0 Å². The average Bonchev–Trinajstić information content (AvgIpc) is 2.70. The molecule has 0 saturated heterocycles. The van der Waals surface area contributed by atoms with Gasteiger partial charge in [-0.05, 0) is 55.9 Å². The molecular formula is C20H24Cl2N4OOs. The Hall–Kier alpha value is -1.41.